The number of nitrogens with one attached hydrogen (secondary N) is 2. The maximum Gasteiger partial charge on any atom is 0.253 e. The summed E-state index contributed by atoms with van der Waals surface area (Å²) in [6, 6.07) is 1.32. The molecule has 0 radical (unpaired) electrons. The zero-order chi connectivity index (χ0) is 11.4. The van der Waals surface area contributed by atoms with Crippen LogP contribution in [0, 0.1) is 5.82 Å². The van der Waals surface area contributed by atoms with Crippen LogP contribution >= 0.6 is 24.8 Å². The van der Waals surface area contributed by atoms with Gasteiger partial charge in [0, 0.05) is 18.8 Å². The zero-order valence-electron chi connectivity index (χ0n) is 9.69. The number of nitrogens with zero attached hydrogens (tertiary/aromatic N) is 1. The number of rotatable bonds is 2. The summed E-state index contributed by atoms with van der Waals surface area (Å²) in [6.07, 6.45) is 4.46. The Bertz CT molecular complexity index is 386. The predicted molar refractivity (Wildman–Crippen MR) is 72.0 cm³/mol. The summed E-state index contributed by atoms with van der Waals surface area (Å²) in [7, 11) is 0. The lowest BCUT2D eigenvalue weighted by atomic mass is 10.1. The van der Waals surface area contributed by atoms with Crippen LogP contribution in [0.2, 0.25) is 0 Å². The number of amides is 1. The molecule has 0 unspecified atom stereocenters. The third-order valence-corrected chi connectivity index (χ3v) is 2.60. The number of hydrogen-bond donors (Lipinski definition) is 2. The van der Waals surface area contributed by atoms with Crippen LogP contribution in [-0.2, 0) is 0 Å². The van der Waals surface area contributed by atoms with Crippen LogP contribution in [0.1, 0.15) is 23.2 Å². The Balaban J connectivity index is 0.00000144. The molecule has 7 heteroatoms. The molecule has 1 aromatic heterocycles. The lowest BCUT2D eigenvalue weighted by Crippen LogP contribution is -2.45. The Morgan fingerprint density at radius 1 is 1.44 bits per heavy atom. The van der Waals surface area contributed by atoms with Crippen molar-refractivity contribution < 1.29 is 9.18 Å². The lowest BCUT2D eigenvalue weighted by Gasteiger charge is -2.23. The molecule has 0 saturated carbocycles. The van der Waals surface area contributed by atoms with Gasteiger partial charge >= 0.3 is 0 Å². The largest absolute Gasteiger partial charge is 0.348 e. The molecule has 0 bridgehead atoms. The SMILES string of the molecule is Cl.Cl.O=C(N[C@@H]1CCCNC1)c1cncc(F)c1. The van der Waals surface area contributed by atoms with Gasteiger partial charge in [0.05, 0.1) is 11.8 Å². The normalized spacial score (nSPS) is 18.2. The van der Waals surface area contributed by atoms with E-state index < -0.39 is 5.82 Å². The highest BCUT2D eigenvalue weighted by Crippen LogP contribution is 2.05. The number of halogens is 3. The van der Waals surface area contributed by atoms with Crippen LogP contribution in [0.25, 0.3) is 0 Å². The fourth-order valence-corrected chi connectivity index (χ4v) is 1.78. The Morgan fingerprint density at radius 2 is 2.22 bits per heavy atom. The van der Waals surface area contributed by atoms with Gasteiger partial charge in [-0.3, -0.25) is 9.78 Å². The molecule has 1 fully saturated rings. The van der Waals surface area contributed by atoms with Gasteiger partial charge in [0.15, 0.2) is 0 Å². The summed E-state index contributed by atoms with van der Waals surface area (Å²) in [6.45, 7) is 1.77. The van der Waals surface area contributed by atoms with Gasteiger partial charge in [-0.25, -0.2) is 4.39 Å². The van der Waals surface area contributed by atoms with E-state index in [2.05, 4.69) is 15.6 Å². The number of carbonyl (C=O) groups is 1. The van der Waals surface area contributed by atoms with Gasteiger partial charge in [-0.1, -0.05) is 0 Å². The summed E-state index contributed by atoms with van der Waals surface area (Å²) in [5.74, 6) is -0.755. The number of hydrogen-bond acceptors (Lipinski definition) is 3. The van der Waals surface area contributed by atoms with E-state index in [9.17, 15) is 9.18 Å². The molecule has 0 aliphatic carbocycles. The van der Waals surface area contributed by atoms with E-state index in [0.29, 0.717) is 0 Å². The molecule has 1 aliphatic heterocycles. The molecule has 1 atom stereocenters. The summed E-state index contributed by atoms with van der Waals surface area (Å²) in [5.41, 5.74) is 0.269. The standard InChI is InChI=1S/C11H14FN3O.2ClH/c12-9-4-8(5-14-6-9)11(16)15-10-2-1-3-13-7-10;;/h4-6,10,13H,1-3,7H2,(H,15,16);2*1H/t10-;;/m1../s1. The Kier molecular flexibility index (Phi) is 7.82. The molecular weight excluding hydrogens is 280 g/mol. The Labute approximate surface area is 118 Å². The van der Waals surface area contributed by atoms with Crippen molar-refractivity contribution in [3.8, 4) is 0 Å². The van der Waals surface area contributed by atoms with E-state index >= 15 is 0 Å². The van der Waals surface area contributed by atoms with Crippen molar-refractivity contribution in [2.45, 2.75) is 18.9 Å². The molecular formula is C11H16Cl2FN3O. The van der Waals surface area contributed by atoms with E-state index in [-0.39, 0.29) is 42.3 Å². The van der Waals surface area contributed by atoms with Gasteiger partial charge in [-0.15, -0.1) is 24.8 Å². The Hall–Kier alpha value is -0.910. The van der Waals surface area contributed by atoms with Crippen molar-refractivity contribution in [3.63, 3.8) is 0 Å². The lowest BCUT2D eigenvalue weighted by molar-refractivity contribution is 0.0930. The number of piperidine rings is 1. The maximum atomic E-state index is 12.9. The molecule has 1 amide bonds. The van der Waals surface area contributed by atoms with E-state index in [0.717, 1.165) is 32.1 Å². The van der Waals surface area contributed by atoms with E-state index in [1.54, 1.807) is 0 Å². The van der Waals surface area contributed by atoms with Gasteiger partial charge in [-0.05, 0) is 25.5 Å². The fourth-order valence-electron chi connectivity index (χ4n) is 1.78. The van der Waals surface area contributed by atoms with Crippen LogP contribution in [-0.4, -0.2) is 30.0 Å². The average molecular weight is 296 g/mol. The minimum absolute atomic E-state index is 0. The second-order valence-electron chi connectivity index (χ2n) is 3.91. The predicted octanol–water partition coefficient (Wildman–Crippen LogP) is 1.55. The van der Waals surface area contributed by atoms with Crippen LogP contribution in [0.4, 0.5) is 4.39 Å². The molecule has 1 aliphatic rings. The first kappa shape index (κ1) is 17.1. The molecule has 2 rings (SSSR count). The van der Waals surface area contributed by atoms with Crippen LogP contribution < -0.4 is 10.6 Å². The third-order valence-electron chi connectivity index (χ3n) is 2.60. The molecule has 2 heterocycles. The maximum absolute atomic E-state index is 12.9. The number of pyridine rings is 1. The van der Waals surface area contributed by atoms with Gasteiger partial charge in [-0.2, -0.15) is 0 Å². The average Bonchev–Trinajstić information content (AvgIpc) is 2.30. The molecule has 18 heavy (non-hydrogen) atoms. The van der Waals surface area contributed by atoms with Crippen molar-refractivity contribution in [2.24, 2.45) is 0 Å². The minimum Gasteiger partial charge on any atom is -0.348 e. The van der Waals surface area contributed by atoms with Crippen molar-refractivity contribution in [2.75, 3.05) is 13.1 Å². The molecule has 4 nitrogen and oxygen atoms in total. The first-order valence-corrected chi connectivity index (χ1v) is 5.38. The highest BCUT2D eigenvalue weighted by Gasteiger charge is 2.16. The summed E-state index contributed by atoms with van der Waals surface area (Å²) < 4.78 is 12.9. The molecule has 102 valence electrons. The van der Waals surface area contributed by atoms with Crippen molar-refractivity contribution >= 4 is 30.7 Å². The molecule has 2 N–H and O–H groups in total. The van der Waals surface area contributed by atoms with Crippen molar-refractivity contribution in [1.82, 2.24) is 15.6 Å². The minimum atomic E-state index is -0.491. The Morgan fingerprint density at radius 3 is 2.83 bits per heavy atom. The van der Waals surface area contributed by atoms with Crippen LogP contribution in [0.5, 0.6) is 0 Å². The van der Waals surface area contributed by atoms with Gasteiger partial charge < -0.3 is 10.6 Å². The monoisotopic (exact) mass is 295 g/mol. The molecule has 0 aromatic carbocycles. The smallest absolute Gasteiger partial charge is 0.253 e. The van der Waals surface area contributed by atoms with Crippen LogP contribution in [0.15, 0.2) is 18.5 Å². The van der Waals surface area contributed by atoms with Crippen LogP contribution in [0.3, 0.4) is 0 Å². The van der Waals surface area contributed by atoms with Crippen molar-refractivity contribution in [1.29, 1.82) is 0 Å². The second-order valence-corrected chi connectivity index (χ2v) is 3.91. The fraction of sp³-hybridized carbons (Fsp3) is 0.455. The summed E-state index contributed by atoms with van der Waals surface area (Å²) in [5, 5.41) is 6.05. The van der Waals surface area contributed by atoms with E-state index in [1.165, 1.54) is 12.3 Å². The van der Waals surface area contributed by atoms with E-state index in [1.807, 2.05) is 0 Å². The summed E-state index contributed by atoms with van der Waals surface area (Å²) >= 11 is 0. The van der Waals surface area contributed by atoms with Gasteiger partial charge in [0.25, 0.3) is 5.91 Å². The first-order valence-electron chi connectivity index (χ1n) is 5.38. The van der Waals surface area contributed by atoms with Gasteiger partial charge in [0.1, 0.15) is 5.82 Å². The van der Waals surface area contributed by atoms with Gasteiger partial charge in [0.2, 0.25) is 0 Å². The number of aromatic nitrogens is 1. The molecule has 0 spiro atoms. The quantitative estimate of drug-likeness (QED) is 0.870. The highest BCUT2D eigenvalue weighted by molar-refractivity contribution is 5.94. The molecule has 1 saturated heterocycles. The highest BCUT2D eigenvalue weighted by atomic mass is 35.5. The summed E-state index contributed by atoms with van der Waals surface area (Å²) in [4.78, 5) is 15.4. The van der Waals surface area contributed by atoms with Crippen molar-refractivity contribution in [3.05, 3.63) is 29.8 Å². The van der Waals surface area contributed by atoms with E-state index in [4.69, 9.17) is 0 Å². The topological polar surface area (TPSA) is 54.0 Å². The number of carbonyl (C=O) groups excluding carboxylic acids is 1. The molecule has 1 aromatic rings. The third kappa shape index (κ3) is 4.76. The first-order chi connectivity index (χ1) is 7.75. The second kappa shape index (κ2) is 8.24. The zero-order valence-corrected chi connectivity index (χ0v) is 11.3.